The van der Waals surface area contributed by atoms with Gasteiger partial charge in [0.15, 0.2) is 0 Å². The van der Waals surface area contributed by atoms with Crippen molar-refractivity contribution < 1.29 is 9.59 Å². The monoisotopic (exact) mass is 354 g/mol. The molecule has 2 aromatic rings. The third kappa shape index (κ3) is 3.05. The Morgan fingerprint density at radius 2 is 1.76 bits per heavy atom. The Hall–Kier alpha value is -2.59. The number of hydrogen-bond donors (Lipinski definition) is 1. The maximum atomic E-state index is 12.9. The van der Waals surface area contributed by atoms with Gasteiger partial charge in [0.1, 0.15) is 10.7 Å². The van der Waals surface area contributed by atoms with Crippen LogP contribution < -0.4 is 10.2 Å². The van der Waals surface area contributed by atoms with Gasteiger partial charge in [-0.25, -0.2) is 4.90 Å². The van der Waals surface area contributed by atoms with E-state index in [0.29, 0.717) is 12.1 Å². The summed E-state index contributed by atoms with van der Waals surface area (Å²) in [5, 5.41) is 2.95. The molecule has 2 amide bonds. The number of benzene rings is 2. The highest BCUT2D eigenvalue weighted by molar-refractivity contribution is 6.53. The molecule has 1 N–H and O–H groups in total. The molecule has 0 bridgehead atoms. The molecule has 0 fully saturated rings. The average molecular weight is 355 g/mol. The van der Waals surface area contributed by atoms with E-state index in [4.69, 9.17) is 11.6 Å². The first-order chi connectivity index (χ1) is 11.9. The Balaban J connectivity index is 1.97. The fraction of sp³-hybridized carbons (Fsp3) is 0.200. The minimum atomic E-state index is -0.500. The molecular weight excluding hydrogens is 336 g/mol. The molecule has 128 valence electrons. The van der Waals surface area contributed by atoms with Gasteiger partial charge in [0, 0.05) is 5.69 Å². The summed E-state index contributed by atoms with van der Waals surface area (Å²) in [5.74, 6) is -0.935. The summed E-state index contributed by atoms with van der Waals surface area (Å²) in [4.78, 5) is 26.6. The van der Waals surface area contributed by atoms with E-state index in [9.17, 15) is 9.59 Å². The summed E-state index contributed by atoms with van der Waals surface area (Å²) >= 11 is 6.20. The highest BCUT2D eigenvalue weighted by Crippen LogP contribution is 2.32. The average Bonchev–Trinajstić information content (AvgIpc) is 2.80. The molecular formula is C20H19ClN2O2. The Morgan fingerprint density at radius 1 is 1.04 bits per heavy atom. The second kappa shape index (κ2) is 6.73. The van der Waals surface area contributed by atoms with Crippen LogP contribution in [0.25, 0.3) is 0 Å². The van der Waals surface area contributed by atoms with Crippen LogP contribution in [0.4, 0.5) is 11.4 Å². The Bertz CT molecular complexity index is 902. The van der Waals surface area contributed by atoms with Gasteiger partial charge in [0.05, 0.1) is 5.69 Å². The molecule has 1 heterocycles. The molecule has 4 nitrogen and oxygen atoms in total. The van der Waals surface area contributed by atoms with E-state index in [-0.39, 0.29) is 10.7 Å². The van der Waals surface area contributed by atoms with Crippen LogP contribution in [-0.2, 0) is 16.0 Å². The first-order valence-electron chi connectivity index (χ1n) is 8.14. The maximum Gasteiger partial charge on any atom is 0.283 e. The molecule has 0 atom stereocenters. The number of nitrogens with zero attached hydrogens (tertiary/aromatic N) is 1. The predicted octanol–water partition coefficient (Wildman–Crippen LogP) is 4.30. The van der Waals surface area contributed by atoms with Crippen LogP contribution >= 0.6 is 11.6 Å². The zero-order valence-corrected chi connectivity index (χ0v) is 15.1. The Morgan fingerprint density at radius 3 is 2.44 bits per heavy atom. The van der Waals surface area contributed by atoms with Crippen LogP contribution in [0.3, 0.4) is 0 Å². The summed E-state index contributed by atoms with van der Waals surface area (Å²) in [7, 11) is 0. The summed E-state index contributed by atoms with van der Waals surface area (Å²) in [6.45, 7) is 5.92. The van der Waals surface area contributed by atoms with Crippen molar-refractivity contribution in [2.24, 2.45) is 0 Å². The zero-order chi connectivity index (χ0) is 18.1. The number of aryl methyl sites for hydroxylation is 3. The van der Waals surface area contributed by atoms with Gasteiger partial charge in [0.25, 0.3) is 11.8 Å². The van der Waals surface area contributed by atoms with E-state index in [1.54, 1.807) is 12.1 Å². The summed E-state index contributed by atoms with van der Waals surface area (Å²) in [6, 6.07) is 13.2. The van der Waals surface area contributed by atoms with Gasteiger partial charge in [-0.05, 0) is 43.5 Å². The first kappa shape index (κ1) is 17.2. The van der Waals surface area contributed by atoms with E-state index in [1.807, 2.05) is 51.1 Å². The number of amides is 2. The lowest BCUT2D eigenvalue weighted by molar-refractivity contribution is -0.120. The zero-order valence-electron chi connectivity index (χ0n) is 14.4. The molecule has 1 aliphatic rings. The van der Waals surface area contributed by atoms with Gasteiger partial charge in [0.2, 0.25) is 0 Å². The second-order valence-electron chi connectivity index (χ2n) is 6.06. The van der Waals surface area contributed by atoms with Crippen molar-refractivity contribution in [1.29, 1.82) is 0 Å². The van der Waals surface area contributed by atoms with E-state index in [1.165, 1.54) is 0 Å². The third-order valence-corrected chi connectivity index (χ3v) is 4.63. The standard InChI is InChI=1S/C20H19ClN2O2/c1-4-14-7-5-6-8-16(14)23-19(24)17(21)18(20(23)25)22-15-10-9-12(2)11-13(15)3/h5-11,22H,4H2,1-3H3. The number of imide groups is 1. The lowest BCUT2D eigenvalue weighted by Crippen LogP contribution is -2.33. The molecule has 2 aromatic carbocycles. The number of halogens is 1. The number of rotatable bonds is 4. The molecule has 25 heavy (non-hydrogen) atoms. The second-order valence-corrected chi connectivity index (χ2v) is 6.44. The molecule has 0 spiro atoms. The summed E-state index contributed by atoms with van der Waals surface area (Å²) in [5.41, 5.74) is 4.46. The minimum absolute atomic E-state index is 0.0871. The number of para-hydroxylation sites is 1. The molecule has 0 radical (unpaired) electrons. The smallest absolute Gasteiger partial charge is 0.283 e. The number of nitrogens with one attached hydrogen (secondary N) is 1. The maximum absolute atomic E-state index is 12.9. The molecule has 0 unspecified atom stereocenters. The number of carbonyl (C=O) groups excluding carboxylic acids is 2. The van der Waals surface area contributed by atoms with Gasteiger partial charge < -0.3 is 5.32 Å². The van der Waals surface area contributed by atoms with Crippen LogP contribution in [-0.4, -0.2) is 11.8 Å². The van der Waals surface area contributed by atoms with Crippen molar-refractivity contribution in [3.8, 4) is 0 Å². The predicted molar refractivity (Wildman–Crippen MR) is 101 cm³/mol. The van der Waals surface area contributed by atoms with Crippen molar-refractivity contribution in [1.82, 2.24) is 0 Å². The number of carbonyl (C=O) groups is 2. The van der Waals surface area contributed by atoms with Crippen molar-refractivity contribution in [3.63, 3.8) is 0 Å². The number of hydrogen-bond acceptors (Lipinski definition) is 3. The van der Waals surface area contributed by atoms with E-state index in [0.717, 1.165) is 27.3 Å². The highest BCUT2D eigenvalue weighted by Gasteiger charge is 2.39. The lowest BCUT2D eigenvalue weighted by Gasteiger charge is -2.18. The molecule has 5 heteroatoms. The lowest BCUT2D eigenvalue weighted by atomic mass is 10.1. The molecule has 3 rings (SSSR count). The molecule has 0 aromatic heterocycles. The molecule has 0 aliphatic carbocycles. The van der Waals surface area contributed by atoms with E-state index in [2.05, 4.69) is 5.32 Å². The van der Waals surface area contributed by atoms with Crippen LogP contribution in [0.5, 0.6) is 0 Å². The molecule has 1 aliphatic heterocycles. The molecule has 0 saturated heterocycles. The normalized spacial score (nSPS) is 14.5. The van der Waals surface area contributed by atoms with Gasteiger partial charge in [-0.3, -0.25) is 9.59 Å². The summed E-state index contributed by atoms with van der Waals surface area (Å²) < 4.78 is 0. The van der Waals surface area contributed by atoms with Crippen molar-refractivity contribution >= 4 is 34.8 Å². The van der Waals surface area contributed by atoms with Crippen LogP contribution in [0.2, 0.25) is 0 Å². The van der Waals surface area contributed by atoms with Crippen LogP contribution in [0.15, 0.2) is 53.2 Å². The quantitative estimate of drug-likeness (QED) is 0.833. The van der Waals surface area contributed by atoms with Gasteiger partial charge in [-0.15, -0.1) is 0 Å². The minimum Gasteiger partial charge on any atom is -0.349 e. The van der Waals surface area contributed by atoms with Crippen molar-refractivity contribution in [3.05, 3.63) is 69.9 Å². The summed E-state index contributed by atoms with van der Waals surface area (Å²) in [6.07, 6.45) is 0.713. The van der Waals surface area contributed by atoms with Crippen LogP contribution in [0.1, 0.15) is 23.6 Å². The van der Waals surface area contributed by atoms with Gasteiger partial charge in [-0.2, -0.15) is 0 Å². The van der Waals surface area contributed by atoms with Crippen molar-refractivity contribution in [2.75, 3.05) is 10.2 Å². The van der Waals surface area contributed by atoms with E-state index < -0.39 is 11.8 Å². The van der Waals surface area contributed by atoms with Crippen molar-refractivity contribution in [2.45, 2.75) is 27.2 Å². The highest BCUT2D eigenvalue weighted by atomic mass is 35.5. The first-order valence-corrected chi connectivity index (χ1v) is 8.52. The van der Waals surface area contributed by atoms with Crippen LogP contribution in [0, 0.1) is 13.8 Å². The Labute approximate surface area is 152 Å². The topological polar surface area (TPSA) is 49.4 Å². The Kier molecular flexibility index (Phi) is 4.64. The van der Waals surface area contributed by atoms with Gasteiger partial charge >= 0.3 is 0 Å². The fourth-order valence-corrected chi connectivity index (χ4v) is 3.16. The fourth-order valence-electron chi connectivity index (χ4n) is 2.95. The third-order valence-electron chi connectivity index (χ3n) is 4.28. The van der Waals surface area contributed by atoms with Gasteiger partial charge in [-0.1, -0.05) is 54.4 Å². The van der Waals surface area contributed by atoms with E-state index >= 15 is 0 Å². The molecule has 0 saturated carbocycles. The largest absolute Gasteiger partial charge is 0.349 e. The SMILES string of the molecule is CCc1ccccc1N1C(=O)C(Cl)=C(Nc2ccc(C)cc2C)C1=O. The number of anilines is 2.